The van der Waals surface area contributed by atoms with Crippen LogP contribution in [0.3, 0.4) is 0 Å². The first-order valence-corrected chi connectivity index (χ1v) is 5.51. The van der Waals surface area contributed by atoms with E-state index in [2.05, 4.69) is 43.1 Å². The minimum absolute atomic E-state index is 0.656. The van der Waals surface area contributed by atoms with Crippen LogP contribution in [-0.2, 0) is 6.42 Å². The first-order chi connectivity index (χ1) is 7.65. The lowest BCUT2D eigenvalue weighted by Gasteiger charge is -2.08. The predicted octanol–water partition coefficient (Wildman–Crippen LogP) is 3.08. The van der Waals surface area contributed by atoms with Crippen molar-refractivity contribution in [1.82, 2.24) is 4.98 Å². The van der Waals surface area contributed by atoms with Gasteiger partial charge in [-0.05, 0) is 38.0 Å². The van der Waals surface area contributed by atoms with Crippen molar-refractivity contribution in [2.24, 2.45) is 0 Å². The van der Waals surface area contributed by atoms with Crippen molar-refractivity contribution in [2.45, 2.75) is 20.3 Å². The minimum Gasteiger partial charge on any atom is -0.383 e. The first-order valence-electron chi connectivity index (χ1n) is 5.51. The Balaban J connectivity index is 2.41. The maximum atomic E-state index is 5.98. The standard InChI is InChI=1S/C14H14N2/c1-8-3-4-13-11(5-8)10-6-9(2)7-12(10)14(15)16-13/h3-5,7H,6H2,1-2H3,(H2,15,16). The Morgan fingerprint density at radius 3 is 2.88 bits per heavy atom. The molecule has 16 heavy (non-hydrogen) atoms. The number of nitrogens with zero attached hydrogens (tertiary/aromatic N) is 1. The van der Waals surface area contributed by atoms with Crippen molar-refractivity contribution >= 4 is 22.8 Å². The number of hydrogen-bond acceptors (Lipinski definition) is 2. The van der Waals surface area contributed by atoms with E-state index in [0.717, 1.165) is 17.5 Å². The van der Waals surface area contributed by atoms with Gasteiger partial charge in [-0.15, -0.1) is 0 Å². The number of nitrogen functional groups attached to an aromatic ring is 1. The predicted molar refractivity (Wildman–Crippen MR) is 68.2 cm³/mol. The summed E-state index contributed by atoms with van der Waals surface area (Å²) in [7, 11) is 0. The maximum absolute atomic E-state index is 5.98. The molecule has 0 bridgehead atoms. The van der Waals surface area contributed by atoms with E-state index in [9.17, 15) is 0 Å². The molecule has 0 amide bonds. The van der Waals surface area contributed by atoms with Crippen LogP contribution in [0, 0.1) is 6.92 Å². The van der Waals surface area contributed by atoms with E-state index in [1.54, 1.807) is 0 Å². The summed E-state index contributed by atoms with van der Waals surface area (Å²) in [5, 5.41) is 1.25. The monoisotopic (exact) mass is 210 g/mol. The molecule has 0 aliphatic heterocycles. The summed E-state index contributed by atoms with van der Waals surface area (Å²) in [6, 6.07) is 6.33. The van der Waals surface area contributed by atoms with Gasteiger partial charge in [0.05, 0.1) is 5.52 Å². The molecule has 0 fully saturated rings. The Morgan fingerprint density at radius 2 is 2.06 bits per heavy atom. The molecule has 1 heterocycles. The fraction of sp³-hybridized carbons (Fsp3) is 0.214. The fourth-order valence-corrected chi connectivity index (χ4v) is 2.41. The second-order valence-electron chi connectivity index (χ2n) is 4.58. The quantitative estimate of drug-likeness (QED) is 0.725. The molecule has 0 spiro atoms. The van der Waals surface area contributed by atoms with Crippen LogP contribution in [0.1, 0.15) is 23.6 Å². The van der Waals surface area contributed by atoms with E-state index < -0.39 is 0 Å². The molecular formula is C14H14N2. The highest BCUT2D eigenvalue weighted by atomic mass is 14.8. The van der Waals surface area contributed by atoms with Gasteiger partial charge >= 0.3 is 0 Å². The number of anilines is 1. The summed E-state index contributed by atoms with van der Waals surface area (Å²) in [6.07, 6.45) is 3.15. The van der Waals surface area contributed by atoms with Gasteiger partial charge in [0.2, 0.25) is 0 Å². The molecular weight excluding hydrogens is 196 g/mol. The highest BCUT2D eigenvalue weighted by molar-refractivity contribution is 5.91. The molecule has 2 N–H and O–H groups in total. The molecule has 0 radical (unpaired) electrons. The number of aryl methyl sites for hydroxylation is 1. The Morgan fingerprint density at radius 1 is 1.25 bits per heavy atom. The second kappa shape index (κ2) is 3.08. The number of aromatic nitrogens is 1. The lowest BCUT2D eigenvalue weighted by Crippen LogP contribution is -1.98. The summed E-state index contributed by atoms with van der Waals surface area (Å²) >= 11 is 0. The zero-order valence-corrected chi connectivity index (χ0v) is 9.54. The normalized spacial score (nSPS) is 14.0. The van der Waals surface area contributed by atoms with Crippen LogP contribution in [-0.4, -0.2) is 4.98 Å². The minimum atomic E-state index is 0.656. The second-order valence-corrected chi connectivity index (χ2v) is 4.58. The van der Waals surface area contributed by atoms with Gasteiger partial charge in [0.15, 0.2) is 0 Å². The number of fused-ring (bicyclic) bond motifs is 3. The Bertz CT molecular complexity index is 624. The van der Waals surface area contributed by atoms with Crippen molar-refractivity contribution in [3.8, 4) is 0 Å². The molecule has 0 unspecified atom stereocenters. The molecule has 0 saturated heterocycles. The molecule has 1 aliphatic carbocycles. The van der Waals surface area contributed by atoms with Gasteiger partial charge in [-0.3, -0.25) is 0 Å². The van der Waals surface area contributed by atoms with Crippen LogP contribution in [0.25, 0.3) is 17.0 Å². The van der Waals surface area contributed by atoms with E-state index in [1.807, 2.05) is 0 Å². The average molecular weight is 210 g/mol. The molecule has 1 aromatic carbocycles. The summed E-state index contributed by atoms with van der Waals surface area (Å²) < 4.78 is 0. The number of rotatable bonds is 0. The number of nitrogens with two attached hydrogens (primary N) is 1. The van der Waals surface area contributed by atoms with E-state index in [-0.39, 0.29) is 0 Å². The number of hydrogen-bond donors (Lipinski definition) is 1. The van der Waals surface area contributed by atoms with E-state index >= 15 is 0 Å². The molecule has 80 valence electrons. The number of benzene rings is 1. The third-order valence-electron chi connectivity index (χ3n) is 3.17. The largest absolute Gasteiger partial charge is 0.383 e. The molecule has 2 nitrogen and oxygen atoms in total. The molecule has 0 saturated carbocycles. The summed E-state index contributed by atoms with van der Waals surface area (Å²) in [5.41, 5.74) is 12.1. The molecule has 1 aromatic heterocycles. The van der Waals surface area contributed by atoms with Crippen molar-refractivity contribution < 1.29 is 0 Å². The van der Waals surface area contributed by atoms with Crippen molar-refractivity contribution in [3.05, 3.63) is 40.5 Å². The Labute approximate surface area is 94.8 Å². The highest BCUT2D eigenvalue weighted by Crippen LogP contribution is 2.34. The van der Waals surface area contributed by atoms with Crippen LogP contribution >= 0.6 is 0 Å². The number of allylic oxidation sites excluding steroid dienone is 1. The molecule has 2 heteroatoms. The van der Waals surface area contributed by atoms with Crippen LogP contribution in [0.15, 0.2) is 23.8 Å². The molecule has 0 atom stereocenters. The van der Waals surface area contributed by atoms with Crippen LogP contribution in [0.2, 0.25) is 0 Å². The topological polar surface area (TPSA) is 38.9 Å². The molecule has 3 rings (SSSR count). The van der Waals surface area contributed by atoms with E-state index in [0.29, 0.717) is 5.82 Å². The van der Waals surface area contributed by atoms with Crippen LogP contribution < -0.4 is 5.73 Å². The van der Waals surface area contributed by atoms with Gasteiger partial charge in [-0.1, -0.05) is 23.3 Å². The van der Waals surface area contributed by atoms with Crippen molar-refractivity contribution in [2.75, 3.05) is 5.73 Å². The fourth-order valence-electron chi connectivity index (χ4n) is 2.41. The number of pyridine rings is 1. The zero-order valence-electron chi connectivity index (χ0n) is 9.54. The van der Waals surface area contributed by atoms with Gasteiger partial charge in [0.25, 0.3) is 0 Å². The lowest BCUT2D eigenvalue weighted by atomic mass is 10.0. The van der Waals surface area contributed by atoms with Gasteiger partial charge in [-0.25, -0.2) is 4.98 Å². The van der Waals surface area contributed by atoms with E-state index in [4.69, 9.17) is 5.73 Å². The summed E-state index contributed by atoms with van der Waals surface area (Å²) in [4.78, 5) is 4.46. The lowest BCUT2D eigenvalue weighted by molar-refractivity contribution is 1.20. The van der Waals surface area contributed by atoms with Crippen molar-refractivity contribution in [1.29, 1.82) is 0 Å². The third kappa shape index (κ3) is 1.23. The van der Waals surface area contributed by atoms with Gasteiger partial charge < -0.3 is 5.73 Å². The highest BCUT2D eigenvalue weighted by Gasteiger charge is 2.17. The maximum Gasteiger partial charge on any atom is 0.131 e. The average Bonchev–Trinajstić information content (AvgIpc) is 2.62. The van der Waals surface area contributed by atoms with Gasteiger partial charge in [0.1, 0.15) is 5.82 Å². The smallest absolute Gasteiger partial charge is 0.131 e. The Kier molecular flexibility index (Phi) is 1.81. The third-order valence-corrected chi connectivity index (χ3v) is 3.17. The van der Waals surface area contributed by atoms with Gasteiger partial charge in [-0.2, -0.15) is 0 Å². The van der Waals surface area contributed by atoms with Crippen LogP contribution in [0.5, 0.6) is 0 Å². The first kappa shape index (κ1) is 9.40. The Hall–Kier alpha value is -1.83. The molecule has 1 aliphatic rings. The zero-order chi connectivity index (χ0) is 11.3. The van der Waals surface area contributed by atoms with Crippen molar-refractivity contribution in [3.63, 3.8) is 0 Å². The van der Waals surface area contributed by atoms with Crippen LogP contribution in [0.4, 0.5) is 5.82 Å². The molecule has 2 aromatic rings. The van der Waals surface area contributed by atoms with Gasteiger partial charge in [0, 0.05) is 10.9 Å². The SMILES string of the molecule is CC1=Cc2c(N)nc3ccc(C)cc3c2C1. The summed E-state index contributed by atoms with van der Waals surface area (Å²) in [6.45, 7) is 4.25. The van der Waals surface area contributed by atoms with E-state index in [1.165, 1.54) is 22.1 Å². The summed E-state index contributed by atoms with van der Waals surface area (Å²) in [5.74, 6) is 0.656.